The number of hydrogen-bond acceptors (Lipinski definition) is 8. The number of aromatic nitrogens is 3. The van der Waals surface area contributed by atoms with E-state index in [4.69, 9.17) is 0 Å². The molecule has 2 heterocycles. The van der Waals surface area contributed by atoms with Crippen LogP contribution in [0.4, 0.5) is 24.7 Å². The summed E-state index contributed by atoms with van der Waals surface area (Å²) in [5.74, 6) is -0.584. The van der Waals surface area contributed by atoms with Gasteiger partial charge in [0.1, 0.15) is 5.82 Å². The van der Waals surface area contributed by atoms with Crippen molar-refractivity contribution in [2.45, 2.75) is 16.0 Å². The summed E-state index contributed by atoms with van der Waals surface area (Å²) in [6.07, 6.45) is -0.315. The minimum atomic E-state index is -4.79. The van der Waals surface area contributed by atoms with E-state index in [2.05, 4.69) is 20.3 Å². The number of hydrogen-bond donors (Lipinski definition) is 1. The van der Waals surface area contributed by atoms with E-state index in [0.29, 0.717) is 6.07 Å². The topological polar surface area (TPSA) is 119 Å². The molecule has 13 heteroatoms. The number of halogens is 3. The first-order valence-corrected chi connectivity index (χ1v) is 12.2. The Morgan fingerprint density at radius 3 is 2.00 bits per heavy atom. The molecule has 2 aromatic heterocycles. The van der Waals surface area contributed by atoms with E-state index in [1.54, 1.807) is 0 Å². The first-order valence-electron chi connectivity index (χ1n) is 8.42. The molecule has 1 aromatic carbocycles. The zero-order valence-electron chi connectivity index (χ0n) is 16.0. The molecular weight excluding hydrogens is 457 g/mol. The van der Waals surface area contributed by atoms with Gasteiger partial charge in [0.25, 0.3) is 0 Å². The third-order valence-corrected chi connectivity index (χ3v) is 6.13. The van der Waals surface area contributed by atoms with Gasteiger partial charge in [0.2, 0.25) is 0 Å². The molecule has 3 rings (SSSR count). The molecule has 0 fully saturated rings. The molecule has 8 nitrogen and oxygen atoms in total. The fourth-order valence-corrected chi connectivity index (χ4v) is 3.94. The summed E-state index contributed by atoms with van der Waals surface area (Å²) in [5, 5.41) is 2.55. The van der Waals surface area contributed by atoms with E-state index in [9.17, 15) is 30.0 Å². The lowest BCUT2D eigenvalue weighted by molar-refractivity contribution is -0.141. The summed E-state index contributed by atoms with van der Waals surface area (Å²) < 4.78 is 87.8. The fourth-order valence-electron chi connectivity index (χ4n) is 2.50. The van der Waals surface area contributed by atoms with Crippen LogP contribution in [0, 0.1) is 0 Å². The van der Waals surface area contributed by atoms with Crippen molar-refractivity contribution in [3.63, 3.8) is 0 Å². The largest absolute Gasteiger partial charge is 0.433 e. The third-order valence-electron chi connectivity index (χ3n) is 3.95. The van der Waals surface area contributed by atoms with E-state index < -0.39 is 31.5 Å². The van der Waals surface area contributed by atoms with Gasteiger partial charge >= 0.3 is 6.18 Å². The molecule has 164 valence electrons. The number of alkyl halides is 3. The number of nitrogens with zero attached hydrogens (tertiary/aromatic N) is 3. The third kappa shape index (κ3) is 5.55. The second kappa shape index (κ2) is 7.89. The van der Waals surface area contributed by atoms with Gasteiger partial charge in [-0.3, -0.25) is 4.98 Å². The minimum absolute atomic E-state index is 0.0766. The average molecular weight is 472 g/mol. The van der Waals surface area contributed by atoms with Crippen molar-refractivity contribution in [2.24, 2.45) is 0 Å². The molecule has 1 N–H and O–H groups in total. The first-order chi connectivity index (χ1) is 14.2. The molecule has 0 amide bonds. The van der Waals surface area contributed by atoms with Crippen molar-refractivity contribution in [1.29, 1.82) is 0 Å². The Kier molecular flexibility index (Phi) is 5.76. The van der Waals surface area contributed by atoms with Gasteiger partial charge in [0.15, 0.2) is 31.2 Å². The van der Waals surface area contributed by atoms with Gasteiger partial charge in [0.05, 0.1) is 9.79 Å². The van der Waals surface area contributed by atoms with Crippen LogP contribution in [0.3, 0.4) is 0 Å². The lowest BCUT2D eigenvalue weighted by Crippen LogP contribution is -2.11. The molecule has 0 aliphatic carbocycles. The summed E-state index contributed by atoms with van der Waals surface area (Å²) in [4.78, 5) is 10.7. The Labute approximate surface area is 176 Å². The zero-order valence-corrected chi connectivity index (χ0v) is 17.7. The van der Waals surface area contributed by atoms with E-state index in [1.165, 1.54) is 24.5 Å². The highest BCUT2D eigenvalue weighted by Gasteiger charge is 2.34. The Balaban J connectivity index is 2.16. The summed E-state index contributed by atoms with van der Waals surface area (Å²) in [6, 6.07) is 6.77. The lowest BCUT2D eigenvalue weighted by Gasteiger charge is -2.13. The van der Waals surface area contributed by atoms with Gasteiger partial charge in [-0.25, -0.2) is 26.8 Å². The van der Waals surface area contributed by atoms with Gasteiger partial charge in [0, 0.05) is 42.2 Å². The molecule has 0 aliphatic rings. The molecule has 0 unspecified atom stereocenters. The number of sulfone groups is 2. The van der Waals surface area contributed by atoms with Crippen LogP contribution in [0.15, 0.2) is 58.6 Å². The van der Waals surface area contributed by atoms with Crippen molar-refractivity contribution in [3.05, 3.63) is 54.5 Å². The van der Waals surface area contributed by atoms with Crippen LogP contribution >= 0.6 is 0 Å². The second-order valence-corrected chi connectivity index (χ2v) is 10.6. The standard InChI is InChI=1S/C18H15F3N4O4S2/c1-30(26,27)13-6-12(7-14(8-13)31(2,28)29)23-16-9-15(18(19,20)21)24-17(25-16)11-4-3-5-22-10-11/h3-10H,1-2H3,(H,23,24,25). The SMILES string of the molecule is CS(=O)(=O)c1cc(Nc2cc(C(F)(F)F)nc(-c3cccnc3)n2)cc(S(C)(=O)=O)c1. The molecule has 0 aliphatic heterocycles. The lowest BCUT2D eigenvalue weighted by atomic mass is 10.2. The highest BCUT2D eigenvalue weighted by atomic mass is 32.2. The maximum Gasteiger partial charge on any atom is 0.433 e. The zero-order chi connectivity index (χ0) is 23.0. The number of rotatable bonds is 5. The number of nitrogens with one attached hydrogen (secondary N) is 1. The van der Waals surface area contributed by atoms with Gasteiger partial charge in [-0.1, -0.05) is 0 Å². The minimum Gasteiger partial charge on any atom is -0.340 e. The summed E-state index contributed by atoms with van der Waals surface area (Å²) in [7, 11) is -7.62. The quantitative estimate of drug-likeness (QED) is 0.602. The van der Waals surface area contributed by atoms with Crippen molar-refractivity contribution in [1.82, 2.24) is 15.0 Å². The normalized spacial score (nSPS) is 12.5. The molecule has 3 aromatic rings. The van der Waals surface area contributed by atoms with Crippen LogP contribution in [0.1, 0.15) is 5.69 Å². The maximum absolute atomic E-state index is 13.4. The van der Waals surface area contributed by atoms with Gasteiger partial charge in [-0.15, -0.1) is 0 Å². The monoisotopic (exact) mass is 472 g/mol. The van der Waals surface area contributed by atoms with Crippen molar-refractivity contribution < 1.29 is 30.0 Å². The fraction of sp³-hybridized carbons (Fsp3) is 0.167. The molecular formula is C18H15F3N4O4S2. The highest BCUT2D eigenvalue weighted by Crippen LogP contribution is 2.32. The Morgan fingerprint density at radius 1 is 0.903 bits per heavy atom. The molecule has 0 saturated carbocycles. The molecule has 0 radical (unpaired) electrons. The smallest absolute Gasteiger partial charge is 0.340 e. The van der Waals surface area contributed by atoms with E-state index in [1.807, 2.05) is 0 Å². The Bertz CT molecular complexity index is 1290. The Hall–Kier alpha value is -3.06. The molecule has 0 bridgehead atoms. The van der Waals surface area contributed by atoms with E-state index >= 15 is 0 Å². The number of anilines is 2. The number of benzene rings is 1. The van der Waals surface area contributed by atoms with Crippen molar-refractivity contribution >= 4 is 31.2 Å². The van der Waals surface area contributed by atoms with Crippen LogP contribution in [0.5, 0.6) is 0 Å². The predicted molar refractivity (Wildman–Crippen MR) is 106 cm³/mol. The van der Waals surface area contributed by atoms with Crippen molar-refractivity contribution in [2.75, 3.05) is 17.8 Å². The summed E-state index contributed by atoms with van der Waals surface area (Å²) >= 11 is 0. The maximum atomic E-state index is 13.4. The van der Waals surface area contributed by atoms with Gasteiger partial charge in [-0.2, -0.15) is 13.2 Å². The van der Waals surface area contributed by atoms with Crippen LogP contribution in [0.25, 0.3) is 11.4 Å². The predicted octanol–water partition coefficient (Wildman–Crippen LogP) is 3.11. The number of pyridine rings is 1. The van der Waals surface area contributed by atoms with Crippen LogP contribution < -0.4 is 5.32 Å². The van der Waals surface area contributed by atoms with Gasteiger partial charge < -0.3 is 5.32 Å². The molecule has 0 atom stereocenters. The summed E-state index contributed by atoms with van der Waals surface area (Å²) in [5.41, 5.74) is -1.10. The van der Waals surface area contributed by atoms with E-state index in [0.717, 1.165) is 30.7 Å². The van der Waals surface area contributed by atoms with Gasteiger partial charge in [-0.05, 0) is 30.3 Å². The molecule has 0 saturated heterocycles. The highest BCUT2D eigenvalue weighted by molar-refractivity contribution is 7.91. The molecule has 31 heavy (non-hydrogen) atoms. The Morgan fingerprint density at radius 2 is 1.52 bits per heavy atom. The van der Waals surface area contributed by atoms with E-state index in [-0.39, 0.29) is 32.7 Å². The summed E-state index contributed by atoms with van der Waals surface area (Å²) in [6.45, 7) is 0. The van der Waals surface area contributed by atoms with Crippen LogP contribution in [0.2, 0.25) is 0 Å². The first kappa shape index (κ1) is 22.6. The van der Waals surface area contributed by atoms with Crippen molar-refractivity contribution in [3.8, 4) is 11.4 Å². The second-order valence-electron chi connectivity index (χ2n) is 6.56. The molecule has 0 spiro atoms. The van der Waals surface area contributed by atoms with Crippen LogP contribution in [-0.2, 0) is 25.9 Å². The van der Waals surface area contributed by atoms with Crippen LogP contribution in [-0.4, -0.2) is 44.3 Å². The average Bonchev–Trinajstić information content (AvgIpc) is 2.66.